The van der Waals surface area contributed by atoms with Gasteiger partial charge in [-0.25, -0.2) is 0 Å². The highest BCUT2D eigenvalue weighted by molar-refractivity contribution is 7.13. The number of hydrogen-bond donors (Lipinski definition) is 0. The van der Waals surface area contributed by atoms with Gasteiger partial charge < -0.3 is 9.80 Å². The van der Waals surface area contributed by atoms with Crippen LogP contribution in [0.3, 0.4) is 0 Å². The Balaban J connectivity index is 1.76. The van der Waals surface area contributed by atoms with Gasteiger partial charge in [-0.2, -0.15) is 0 Å². The summed E-state index contributed by atoms with van der Waals surface area (Å²) in [5.74, 6) is 0.110. The monoisotopic (exact) mass is 315 g/mol. The zero-order valence-electron chi connectivity index (χ0n) is 13.1. The largest absolute Gasteiger partial charge is 0.336 e. The number of nitrogens with zero attached hydrogens (tertiary/aromatic N) is 3. The molecule has 22 heavy (non-hydrogen) atoms. The maximum absolute atomic E-state index is 12.7. The third-order valence-electron chi connectivity index (χ3n) is 4.20. The molecule has 0 unspecified atom stereocenters. The molecule has 2 aromatic heterocycles. The summed E-state index contributed by atoms with van der Waals surface area (Å²) in [7, 11) is 0. The molecule has 1 aliphatic rings. The Morgan fingerprint density at radius 2 is 2.00 bits per heavy atom. The van der Waals surface area contributed by atoms with Crippen LogP contribution in [0.2, 0.25) is 0 Å². The third kappa shape index (κ3) is 3.05. The predicted octanol–water partition coefficient (Wildman–Crippen LogP) is 2.90. The van der Waals surface area contributed by atoms with Gasteiger partial charge in [0, 0.05) is 26.2 Å². The van der Waals surface area contributed by atoms with Crippen molar-refractivity contribution in [3.8, 4) is 10.6 Å². The first-order chi connectivity index (χ1) is 10.7. The van der Waals surface area contributed by atoms with E-state index in [-0.39, 0.29) is 5.91 Å². The average Bonchev–Trinajstić information content (AvgIpc) is 3.09. The van der Waals surface area contributed by atoms with Gasteiger partial charge in [0.25, 0.3) is 5.91 Å². The zero-order valence-corrected chi connectivity index (χ0v) is 13.9. The van der Waals surface area contributed by atoms with Crippen LogP contribution in [0.1, 0.15) is 23.0 Å². The van der Waals surface area contributed by atoms with E-state index in [4.69, 9.17) is 0 Å². The van der Waals surface area contributed by atoms with E-state index >= 15 is 0 Å². The Kier molecular flexibility index (Phi) is 4.55. The van der Waals surface area contributed by atoms with Crippen LogP contribution >= 0.6 is 11.3 Å². The van der Waals surface area contributed by atoms with Crippen molar-refractivity contribution in [2.45, 2.75) is 13.8 Å². The molecule has 0 bridgehead atoms. The van der Waals surface area contributed by atoms with Gasteiger partial charge in [0.05, 0.1) is 21.8 Å². The lowest BCUT2D eigenvalue weighted by molar-refractivity contribution is 0.0642. The molecule has 0 aromatic carbocycles. The topological polar surface area (TPSA) is 36.4 Å². The Morgan fingerprint density at radius 1 is 1.23 bits per heavy atom. The highest BCUT2D eigenvalue weighted by atomic mass is 32.1. The van der Waals surface area contributed by atoms with E-state index in [9.17, 15) is 4.79 Å². The van der Waals surface area contributed by atoms with Gasteiger partial charge in [-0.05, 0) is 37.0 Å². The van der Waals surface area contributed by atoms with Crippen molar-refractivity contribution in [2.24, 2.45) is 0 Å². The fourth-order valence-corrected chi connectivity index (χ4v) is 3.48. The van der Waals surface area contributed by atoms with Gasteiger partial charge in [-0.15, -0.1) is 11.3 Å². The Bertz CT molecular complexity index is 646. The number of likely N-dealkylation sites (N-methyl/N-ethyl adjacent to an activating group) is 1. The Hall–Kier alpha value is -1.72. The molecule has 2 aromatic rings. The SMILES string of the molecule is CCN1CCN(C(=O)c2ccc(-c3cccs3)nc2C)CC1. The van der Waals surface area contributed by atoms with Gasteiger partial charge in [0.2, 0.25) is 0 Å². The summed E-state index contributed by atoms with van der Waals surface area (Å²) < 4.78 is 0. The molecular weight excluding hydrogens is 294 g/mol. The average molecular weight is 315 g/mol. The molecule has 0 spiro atoms. The van der Waals surface area contributed by atoms with Gasteiger partial charge in [0.1, 0.15) is 0 Å². The lowest BCUT2D eigenvalue weighted by atomic mass is 10.1. The quantitative estimate of drug-likeness (QED) is 0.874. The summed E-state index contributed by atoms with van der Waals surface area (Å²) in [6.07, 6.45) is 0. The number of rotatable bonds is 3. The van der Waals surface area contributed by atoms with Crippen molar-refractivity contribution in [2.75, 3.05) is 32.7 Å². The molecule has 1 aliphatic heterocycles. The zero-order chi connectivity index (χ0) is 15.5. The summed E-state index contributed by atoms with van der Waals surface area (Å²) in [4.78, 5) is 22.8. The second kappa shape index (κ2) is 6.58. The lowest BCUT2D eigenvalue weighted by Crippen LogP contribution is -2.48. The van der Waals surface area contributed by atoms with Crippen LogP contribution in [0.15, 0.2) is 29.6 Å². The second-order valence-electron chi connectivity index (χ2n) is 5.53. The van der Waals surface area contributed by atoms with E-state index in [2.05, 4.69) is 22.9 Å². The molecule has 0 aliphatic carbocycles. The fraction of sp³-hybridized carbons (Fsp3) is 0.412. The number of aryl methyl sites for hydroxylation is 1. The van der Waals surface area contributed by atoms with Gasteiger partial charge in [-0.1, -0.05) is 13.0 Å². The molecule has 5 heteroatoms. The fourth-order valence-electron chi connectivity index (χ4n) is 2.79. The summed E-state index contributed by atoms with van der Waals surface area (Å²) >= 11 is 1.67. The van der Waals surface area contributed by atoms with Crippen LogP contribution in [0, 0.1) is 6.92 Å². The van der Waals surface area contributed by atoms with E-state index in [0.717, 1.165) is 54.6 Å². The maximum Gasteiger partial charge on any atom is 0.255 e. The molecule has 0 saturated carbocycles. The molecule has 0 radical (unpaired) electrons. The first-order valence-corrected chi connectivity index (χ1v) is 8.60. The molecular formula is C17H21N3OS. The maximum atomic E-state index is 12.7. The van der Waals surface area contributed by atoms with Gasteiger partial charge in [-0.3, -0.25) is 9.78 Å². The molecule has 3 heterocycles. The minimum Gasteiger partial charge on any atom is -0.336 e. The molecule has 1 saturated heterocycles. The number of carbonyl (C=O) groups is 1. The number of piperazine rings is 1. The first-order valence-electron chi connectivity index (χ1n) is 7.72. The molecule has 0 N–H and O–H groups in total. The second-order valence-corrected chi connectivity index (χ2v) is 6.48. The van der Waals surface area contributed by atoms with Crippen LogP contribution in [-0.4, -0.2) is 53.4 Å². The summed E-state index contributed by atoms with van der Waals surface area (Å²) in [6.45, 7) is 8.67. The molecule has 3 rings (SSSR count). The summed E-state index contributed by atoms with van der Waals surface area (Å²) in [5, 5.41) is 2.04. The molecule has 1 amide bonds. The van der Waals surface area contributed by atoms with Crippen LogP contribution in [0.5, 0.6) is 0 Å². The van der Waals surface area contributed by atoms with Crippen LogP contribution in [-0.2, 0) is 0 Å². The van der Waals surface area contributed by atoms with Crippen LogP contribution in [0.4, 0.5) is 0 Å². The molecule has 4 nitrogen and oxygen atoms in total. The van der Waals surface area contributed by atoms with E-state index in [1.165, 1.54) is 0 Å². The van der Waals surface area contributed by atoms with Crippen LogP contribution < -0.4 is 0 Å². The highest BCUT2D eigenvalue weighted by Crippen LogP contribution is 2.24. The minimum atomic E-state index is 0.110. The number of hydrogen-bond acceptors (Lipinski definition) is 4. The number of amides is 1. The normalized spacial score (nSPS) is 16.0. The molecule has 116 valence electrons. The molecule has 0 atom stereocenters. The van der Waals surface area contributed by atoms with Crippen molar-refractivity contribution < 1.29 is 4.79 Å². The third-order valence-corrected chi connectivity index (χ3v) is 5.09. The van der Waals surface area contributed by atoms with E-state index in [1.807, 2.05) is 35.4 Å². The number of carbonyl (C=O) groups excluding carboxylic acids is 1. The Morgan fingerprint density at radius 3 is 2.59 bits per heavy atom. The van der Waals surface area contributed by atoms with Crippen molar-refractivity contribution >= 4 is 17.2 Å². The van der Waals surface area contributed by atoms with Crippen molar-refractivity contribution in [3.05, 3.63) is 40.9 Å². The minimum absolute atomic E-state index is 0.110. The number of thiophene rings is 1. The first kappa shape index (κ1) is 15.2. The standard InChI is InChI=1S/C17H21N3OS/c1-3-19-8-10-20(11-9-19)17(21)14-6-7-15(18-13(14)2)16-5-4-12-22-16/h4-7,12H,3,8-11H2,1-2H3. The summed E-state index contributed by atoms with van der Waals surface area (Å²) in [5.41, 5.74) is 2.49. The number of aromatic nitrogens is 1. The number of pyridine rings is 1. The van der Waals surface area contributed by atoms with Crippen molar-refractivity contribution in [1.82, 2.24) is 14.8 Å². The van der Waals surface area contributed by atoms with Crippen LogP contribution in [0.25, 0.3) is 10.6 Å². The van der Waals surface area contributed by atoms with E-state index in [1.54, 1.807) is 11.3 Å². The molecule has 1 fully saturated rings. The highest BCUT2D eigenvalue weighted by Gasteiger charge is 2.23. The van der Waals surface area contributed by atoms with Crippen molar-refractivity contribution in [1.29, 1.82) is 0 Å². The lowest BCUT2D eigenvalue weighted by Gasteiger charge is -2.34. The predicted molar refractivity (Wildman–Crippen MR) is 90.3 cm³/mol. The summed E-state index contributed by atoms with van der Waals surface area (Å²) in [6, 6.07) is 7.95. The van der Waals surface area contributed by atoms with Gasteiger partial charge in [0.15, 0.2) is 0 Å². The smallest absolute Gasteiger partial charge is 0.255 e. The Labute approximate surface area is 135 Å². The van der Waals surface area contributed by atoms with Crippen molar-refractivity contribution in [3.63, 3.8) is 0 Å². The van der Waals surface area contributed by atoms with E-state index < -0.39 is 0 Å². The van der Waals surface area contributed by atoms with E-state index in [0.29, 0.717) is 0 Å². The van der Waals surface area contributed by atoms with Gasteiger partial charge >= 0.3 is 0 Å².